The van der Waals surface area contributed by atoms with Crippen molar-refractivity contribution >= 4 is 46.2 Å². The molecule has 1 fully saturated rings. The van der Waals surface area contributed by atoms with E-state index in [4.69, 9.17) is 21.1 Å². The van der Waals surface area contributed by atoms with E-state index in [9.17, 15) is 4.79 Å². The summed E-state index contributed by atoms with van der Waals surface area (Å²) >= 11 is 7.21. The Labute approximate surface area is 208 Å². The van der Waals surface area contributed by atoms with Gasteiger partial charge in [-0.3, -0.25) is 4.79 Å². The molecule has 4 rings (SSSR count). The first kappa shape index (κ1) is 23.9. The SMILES string of the molecule is COc1cc(/C=C2\SC(=Nc3ccc(Cl)cc3)NC2=O)ccc1OCc1c(C)cc(C)cc1C. The van der Waals surface area contributed by atoms with Crippen LogP contribution < -0.4 is 14.8 Å². The molecule has 1 N–H and O–H groups in total. The second-order valence-corrected chi connectivity index (χ2v) is 9.50. The van der Waals surface area contributed by atoms with Crippen molar-refractivity contribution in [1.82, 2.24) is 5.32 Å². The second-order valence-electron chi connectivity index (χ2n) is 8.03. The third-order valence-electron chi connectivity index (χ3n) is 5.41. The van der Waals surface area contributed by atoms with Crippen LogP contribution in [-0.2, 0) is 11.4 Å². The summed E-state index contributed by atoms with van der Waals surface area (Å²) in [5.41, 5.74) is 6.37. The van der Waals surface area contributed by atoms with Crippen LogP contribution in [0, 0.1) is 20.8 Å². The number of aliphatic imine (C=N–C) groups is 1. The van der Waals surface area contributed by atoms with Crippen LogP contribution in [0.25, 0.3) is 6.08 Å². The van der Waals surface area contributed by atoms with E-state index in [1.807, 2.05) is 24.3 Å². The summed E-state index contributed by atoms with van der Waals surface area (Å²) in [6, 6.07) is 17.1. The number of hydrogen-bond acceptors (Lipinski definition) is 5. The first-order chi connectivity index (χ1) is 16.3. The molecule has 0 aliphatic carbocycles. The minimum absolute atomic E-state index is 0.192. The van der Waals surface area contributed by atoms with Gasteiger partial charge in [0.15, 0.2) is 16.7 Å². The minimum atomic E-state index is -0.192. The summed E-state index contributed by atoms with van der Waals surface area (Å²) in [5, 5.41) is 3.96. The van der Waals surface area contributed by atoms with Gasteiger partial charge in [-0.25, -0.2) is 4.99 Å². The molecule has 0 bridgehead atoms. The maximum atomic E-state index is 12.4. The van der Waals surface area contributed by atoms with Gasteiger partial charge in [-0.1, -0.05) is 35.4 Å². The highest BCUT2D eigenvalue weighted by molar-refractivity contribution is 8.18. The fourth-order valence-corrected chi connectivity index (χ4v) is 4.71. The average Bonchev–Trinajstić information content (AvgIpc) is 3.13. The molecule has 1 amide bonds. The standard InChI is InChI=1S/C27H25ClN2O3S/c1-16-11-17(2)22(18(3)12-16)15-33-23-10-5-19(13-24(23)32-4)14-25-26(31)30-27(34-25)29-21-8-6-20(28)7-9-21/h5-14H,15H2,1-4H3,(H,29,30,31)/b25-14-. The number of ether oxygens (including phenoxy) is 2. The van der Waals surface area contributed by atoms with Gasteiger partial charge in [-0.15, -0.1) is 0 Å². The zero-order chi connectivity index (χ0) is 24.2. The van der Waals surface area contributed by atoms with Gasteiger partial charge in [-0.05, 0) is 97.3 Å². The number of rotatable bonds is 6. The van der Waals surface area contributed by atoms with Crippen molar-refractivity contribution in [2.75, 3.05) is 7.11 Å². The summed E-state index contributed by atoms with van der Waals surface area (Å²) < 4.78 is 11.7. The number of amidine groups is 1. The maximum absolute atomic E-state index is 12.4. The Morgan fingerprint density at radius 1 is 1.00 bits per heavy atom. The van der Waals surface area contributed by atoms with Crippen LogP contribution in [0.4, 0.5) is 5.69 Å². The van der Waals surface area contributed by atoms with Crippen molar-refractivity contribution in [3.05, 3.63) is 92.3 Å². The number of nitrogens with one attached hydrogen (secondary N) is 1. The van der Waals surface area contributed by atoms with Crippen molar-refractivity contribution in [1.29, 1.82) is 0 Å². The molecule has 1 aliphatic heterocycles. The molecular formula is C27H25ClN2O3S. The molecule has 1 heterocycles. The van der Waals surface area contributed by atoms with Crippen LogP contribution in [0.3, 0.4) is 0 Å². The molecule has 1 aliphatic rings. The van der Waals surface area contributed by atoms with Crippen LogP contribution in [0.15, 0.2) is 64.5 Å². The van der Waals surface area contributed by atoms with Gasteiger partial charge in [0.25, 0.3) is 5.91 Å². The average molecular weight is 493 g/mol. The molecule has 34 heavy (non-hydrogen) atoms. The Hall–Kier alpha value is -3.22. The van der Waals surface area contributed by atoms with Gasteiger partial charge < -0.3 is 14.8 Å². The van der Waals surface area contributed by atoms with Crippen molar-refractivity contribution in [3.8, 4) is 11.5 Å². The number of nitrogens with zero attached hydrogens (tertiary/aromatic N) is 1. The number of thioether (sulfide) groups is 1. The number of methoxy groups -OCH3 is 1. The molecule has 0 aromatic heterocycles. The van der Waals surface area contributed by atoms with E-state index in [-0.39, 0.29) is 5.91 Å². The Balaban J connectivity index is 1.50. The fraction of sp³-hybridized carbons (Fsp3) is 0.185. The number of benzene rings is 3. The first-order valence-corrected chi connectivity index (χ1v) is 11.9. The van der Waals surface area contributed by atoms with E-state index in [0.29, 0.717) is 33.2 Å². The van der Waals surface area contributed by atoms with Gasteiger partial charge in [0.2, 0.25) is 0 Å². The molecule has 0 unspecified atom stereocenters. The number of hydrogen-bond donors (Lipinski definition) is 1. The zero-order valence-corrected chi connectivity index (χ0v) is 21.0. The molecule has 3 aromatic carbocycles. The predicted octanol–water partition coefficient (Wildman–Crippen LogP) is 6.74. The van der Waals surface area contributed by atoms with Crippen molar-refractivity contribution in [3.63, 3.8) is 0 Å². The highest BCUT2D eigenvalue weighted by Crippen LogP contribution is 2.33. The smallest absolute Gasteiger partial charge is 0.264 e. The Bertz CT molecular complexity index is 1280. The van der Waals surface area contributed by atoms with Crippen LogP contribution >= 0.6 is 23.4 Å². The lowest BCUT2D eigenvalue weighted by Gasteiger charge is -2.15. The van der Waals surface area contributed by atoms with Crippen LogP contribution in [0.5, 0.6) is 11.5 Å². The lowest BCUT2D eigenvalue weighted by Crippen LogP contribution is -2.19. The van der Waals surface area contributed by atoms with E-state index in [0.717, 1.165) is 11.3 Å². The summed E-state index contributed by atoms with van der Waals surface area (Å²) in [4.78, 5) is 17.5. The lowest BCUT2D eigenvalue weighted by atomic mass is 10.0. The highest BCUT2D eigenvalue weighted by Gasteiger charge is 2.24. The van der Waals surface area contributed by atoms with Crippen LogP contribution in [0.1, 0.15) is 27.8 Å². The number of aryl methyl sites for hydroxylation is 3. The zero-order valence-electron chi connectivity index (χ0n) is 19.4. The maximum Gasteiger partial charge on any atom is 0.264 e. The van der Waals surface area contributed by atoms with Gasteiger partial charge in [0.05, 0.1) is 17.7 Å². The van der Waals surface area contributed by atoms with E-state index in [1.54, 1.807) is 31.4 Å². The summed E-state index contributed by atoms with van der Waals surface area (Å²) in [5.74, 6) is 1.06. The first-order valence-electron chi connectivity index (χ1n) is 10.7. The summed E-state index contributed by atoms with van der Waals surface area (Å²) in [6.07, 6.45) is 1.81. The molecule has 5 nitrogen and oxygen atoms in total. The lowest BCUT2D eigenvalue weighted by molar-refractivity contribution is -0.115. The molecular weight excluding hydrogens is 468 g/mol. The van der Waals surface area contributed by atoms with Gasteiger partial charge >= 0.3 is 0 Å². The number of halogens is 1. The molecule has 0 atom stereocenters. The van der Waals surface area contributed by atoms with Crippen molar-refractivity contribution in [2.24, 2.45) is 4.99 Å². The van der Waals surface area contributed by atoms with Gasteiger partial charge in [0.1, 0.15) is 6.61 Å². The predicted molar refractivity (Wildman–Crippen MR) is 140 cm³/mol. The number of carbonyl (C=O) groups is 1. The molecule has 0 spiro atoms. The molecule has 7 heteroatoms. The summed E-state index contributed by atoms with van der Waals surface area (Å²) in [7, 11) is 1.61. The number of amides is 1. The normalized spacial score (nSPS) is 15.6. The van der Waals surface area contributed by atoms with Gasteiger partial charge in [-0.2, -0.15) is 0 Å². The van der Waals surface area contributed by atoms with Crippen molar-refractivity contribution < 1.29 is 14.3 Å². The Kier molecular flexibility index (Phi) is 7.29. The topological polar surface area (TPSA) is 59.9 Å². The summed E-state index contributed by atoms with van der Waals surface area (Å²) in [6.45, 7) is 6.74. The van der Waals surface area contributed by atoms with E-state index < -0.39 is 0 Å². The largest absolute Gasteiger partial charge is 0.493 e. The third kappa shape index (κ3) is 5.64. The third-order valence-corrected chi connectivity index (χ3v) is 6.57. The van der Waals surface area contributed by atoms with E-state index in [1.165, 1.54) is 34.0 Å². The second kappa shape index (κ2) is 10.4. The molecule has 3 aromatic rings. The monoisotopic (exact) mass is 492 g/mol. The molecule has 1 saturated heterocycles. The molecule has 0 radical (unpaired) electrons. The Morgan fingerprint density at radius 2 is 1.71 bits per heavy atom. The molecule has 0 saturated carbocycles. The quantitative estimate of drug-likeness (QED) is 0.387. The Morgan fingerprint density at radius 3 is 2.38 bits per heavy atom. The van der Waals surface area contributed by atoms with E-state index >= 15 is 0 Å². The number of carbonyl (C=O) groups excluding carboxylic acids is 1. The molecule has 174 valence electrons. The highest BCUT2D eigenvalue weighted by atomic mass is 35.5. The van der Waals surface area contributed by atoms with E-state index in [2.05, 4.69) is 43.2 Å². The van der Waals surface area contributed by atoms with Crippen LogP contribution in [0.2, 0.25) is 5.02 Å². The van der Waals surface area contributed by atoms with Crippen LogP contribution in [-0.4, -0.2) is 18.2 Å². The van der Waals surface area contributed by atoms with Gasteiger partial charge in [0, 0.05) is 5.02 Å². The fourth-order valence-electron chi connectivity index (χ4n) is 3.75. The van der Waals surface area contributed by atoms with Crippen molar-refractivity contribution in [2.45, 2.75) is 27.4 Å². The minimum Gasteiger partial charge on any atom is -0.493 e.